The molecule has 8 heteroatoms. The van der Waals surface area contributed by atoms with Crippen molar-refractivity contribution < 1.29 is 14.3 Å². The molecule has 2 aromatic rings. The molecule has 0 spiro atoms. The highest BCUT2D eigenvalue weighted by atomic mass is 32.2. The van der Waals surface area contributed by atoms with Crippen LogP contribution >= 0.6 is 11.8 Å². The second kappa shape index (κ2) is 11.8. The summed E-state index contributed by atoms with van der Waals surface area (Å²) in [5, 5.41) is 2.83. The van der Waals surface area contributed by atoms with Crippen LogP contribution in [0.15, 0.2) is 75.9 Å². The van der Waals surface area contributed by atoms with E-state index < -0.39 is 6.04 Å². The number of aryl methyl sites for hydroxylation is 2. The first-order valence-electron chi connectivity index (χ1n) is 13.6. The SMILES string of the molecule is CCC1=C(C(=O)OC)[C@@H](c2ccc(C)cc2C)N2C(CC(=O)N3CCN(Cc4ccccc4)CC3)=CSC2=N1. The lowest BCUT2D eigenvalue weighted by Crippen LogP contribution is -2.48. The lowest BCUT2D eigenvalue weighted by atomic mass is 9.89. The van der Waals surface area contributed by atoms with Gasteiger partial charge in [0.2, 0.25) is 5.91 Å². The standard InChI is InChI=1S/C31H36N4O3S/c1-5-26-28(30(37)38-4)29(25-12-11-21(2)17-22(25)3)35-24(20-39-31(35)32-26)18-27(36)34-15-13-33(14-16-34)19-23-9-7-6-8-10-23/h6-12,17,20,29H,5,13-16,18-19H2,1-4H3/t29-/m1/s1. The Balaban J connectivity index is 1.35. The number of carbonyl (C=O) groups excluding carboxylic acids is 2. The number of aliphatic imine (C=N–C) groups is 1. The first-order valence-corrected chi connectivity index (χ1v) is 14.4. The predicted molar refractivity (Wildman–Crippen MR) is 156 cm³/mol. The summed E-state index contributed by atoms with van der Waals surface area (Å²) in [6, 6.07) is 16.4. The molecule has 0 N–H and O–H groups in total. The summed E-state index contributed by atoms with van der Waals surface area (Å²) in [4.78, 5) is 38.0. The summed E-state index contributed by atoms with van der Waals surface area (Å²) in [5.41, 5.74) is 6.73. The molecule has 7 nitrogen and oxygen atoms in total. The number of ether oxygens (including phenoxy) is 1. The highest BCUT2D eigenvalue weighted by Gasteiger charge is 2.42. The van der Waals surface area contributed by atoms with E-state index in [1.54, 1.807) is 0 Å². The monoisotopic (exact) mass is 544 g/mol. The van der Waals surface area contributed by atoms with Gasteiger partial charge in [0, 0.05) is 38.4 Å². The Hall–Kier alpha value is -3.36. The molecule has 1 atom stereocenters. The zero-order valence-corrected chi connectivity index (χ0v) is 24.0. The molecule has 2 aromatic carbocycles. The van der Waals surface area contributed by atoms with E-state index in [-0.39, 0.29) is 18.3 Å². The molecule has 3 aliphatic heterocycles. The third kappa shape index (κ3) is 5.68. The number of methoxy groups -OCH3 is 1. The summed E-state index contributed by atoms with van der Waals surface area (Å²) < 4.78 is 5.25. The Morgan fingerprint density at radius 1 is 1.05 bits per heavy atom. The van der Waals surface area contributed by atoms with Crippen molar-refractivity contribution in [3.63, 3.8) is 0 Å². The van der Waals surface area contributed by atoms with Gasteiger partial charge in [0.25, 0.3) is 0 Å². The van der Waals surface area contributed by atoms with E-state index in [9.17, 15) is 9.59 Å². The van der Waals surface area contributed by atoms with Crippen molar-refractivity contribution in [2.24, 2.45) is 4.99 Å². The number of amidine groups is 1. The quantitative estimate of drug-likeness (QED) is 0.448. The fourth-order valence-corrected chi connectivity index (χ4v) is 6.54. The summed E-state index contributed by atoms with van der Waals surface area (Å²) in [6.45, 7) is 10.2. The van der Waals surface area contributed by atoms with Gasteiger partial charge in [-0.15, -0.1) is 0 Å². The van der Waals surface area contributed by atoms with Crippen LogP contribution in [0.25, 0.3) is 0 Å². The van der Waals surface area contributed by atoms with Gasteiger partial charge in [0.05, 0.1) is 30.8 Å². The maximum atomic E-state index is 13.5. The van der Waals surface area contributed by atoms with E-state index in [2.05, 4.69) is 66.1 Å². The largest absolute Gasteiger partial charge is 0.466 e. The van der Waals surface area contributed by atoms with Gasteiger partial charge in [0.15, 0.2) is 5.17 Å². The molecule has 5 rings (SSSR count). The molecule has 0 unspecified atom stereocenters. The minimum absolute atomic E-state index is 0.103. The Kier molecular flexibility index (Phi) is 8.23. The van der Waals surface area contributed by atoms with Crippen molar-refractivity contribution in [1.29, 1.82) is 0 Å². The molecule has 39 heavy (non-hydrogen) atoms. The summed E-state index contributed by atoms with van der Waals surface area (Å²) in [5.74, 6) is -0.275. The van der Waals surface area contributed by atoms with Crippen LogP contribution in [0.4, 0.5) is 0 Å². The Morgan fingerprint density at radius 3 is 2.46 bits per heavy atom. The molecule has 0 saturated carbocycles. The Morgan fingerprint density at radius 2 is 1.79 bits per heavy atom. The summed E-state index contributed by atoms with van der Waals surface area (Å²) >= 11 is 1.52. The zero-order valence-electron chi connectivity index (χ0n) is 23.1. The van der Waals surface area contributed by atoms with Gasteiger partial charge < -0.3 is 14.5 Å². The van der Waals surface area contributed by atoms with Gasteiger partial charge in [0.1, 0.15) is 0 Å². The maximum absolute atomic E-state index is 13.5. The smallest absolute Gasteiger partial charge is 0.338 e. The number of allylic oxidation sites excluding steroid dienone is 1. The molecule has 1 saturated heterocycles. The minimum atomic E-state index is -0.391. The number of hydrogen-bond donors (Lipinski definition) is 0. The zero-order chi connectivity index (χ0) is 27.5. The van der Waals surface area contributed by atoms with E-state index in [1.807, 2.05) is 23.3 Å². The molecule has 0 radical (unpaired) electrons. The van der Waals surface area contributed by atoms with E-state index in [0.717, 1.165) is 52.9 Å². The molecule has 0 aromatic heterocycles. The van der Waals surface area contributed by atoms with Gasteiger partial charge in [-0.05, 0) is 42.4 Å². The average molecular weight is 545 g/mol. The molecular weight excluding hydrogens is 508 g/mol. The highest BCUT2D eigenvalue weighted by molar-refractivity contribution is 8.16. The Labute approximate surface area is 235 Å². The molecule has 204 valence electrons. The van der Waals surface area contributed by atoms with Crippen LogP contribution in [-0.4, -0.2) is 65.0 Å². The molecule has 3 aliphatic rings. The first kappa shape index (κ1) is 27.2. The van der Waals surface area contributed by atoms with E-state index in [4.69, 9.17) is 9.73 Å². The fraction of sp³-hybridized carbons (Fsp3) is 0.387. The van der Waals surface area contributed by atoms with Crippen LogP contribution in [0.3, 0.4) is 0 Å². The lowest BCUT2D eigenvalue weighted by molar-refractivity contribution is -0.136. The Bertz CT molecular complexity index is 1340. The van der Waals surface area contributed by atoms with Crippen molar-refractivity contribution in [2.45, 2.75) is 46.2 Å². The number of benzene rings is 2. The predicted octanol–water partition coefficient (Wildman–Crippen LogP) is 5.18. The van der Waals surface area contributed by atoms with Gasteiger partial charge >= 0.3 is 5.97 Å². The van der Waals surface area contributed by atoms with Gasteiger partial charge in [-0.2, -0.15) is 0 Å². The van der Waals surface area contributed by atoms with Crippen molar-refractivity contribution in [3.05, 3.63) is 93.2 Å². The number of esters is 1. The van der Waals surface area contributed by atoms with Crippen molar-refractivity contribution in [3.8, 4) is 0 Å². The van der Waals surface area contributed by atoms with Crippen LogP contribution in [0, 0.1) is 13.8 Å². The number of carbonyl (C=O) groups is 2. The summed E-state index contributed by atoms with van der Waals surface area (Å²) in [6.07, 6.45) is 0.882. The van der Waals surface area contributed by atoms with Crippen LogP contribution in [0.5, 0.6) is 0 Å². The van der Waals surface area contributed by atoms with Crippen LogP contribution < -0.4 is 0 Å². The maximum Gasteiger partial charge on any atom is 0.338 e. The lowest BCUT2D eigenvalue weighted by Gasteiger charge is -2.38. The van der Waals surface area contributed by atoms with E-state index in [1.165, 1.54) is 24.4 Å². The topological polar surface area (TPSA) is 65.5 Å². The van der Waals surface area contributed by atoms with Crippen molar-refractivity contribution >= 4 is 28.8 Å². The van der Waals surface area contributed by atoms with Gasteiger partial charge in [-0.1, -0.05) is 72.8 Å². The molecule has 3 heterocycles. The van der Waals surface area contributed by atoms with Gasteiger partial charge in [-0.25, -0.2) is 9.79 Å². The van der Waals surface area contributed by atoms with E-state index in [0.29, 0.717) is 25.1 Å². The third-order valence-electron chi connectivity index (χ3n) is 7.66. The number of thioether (sulfide) groups is 1. The minimum Gasteiger partial charge on any atom is -0.466 e. The molecule has 1 fully saturated rings. The third-order valence-corrected chi connectivity index (χ3v) is 8.54. The van der Waals surface area contributed by atoms with E-state index >= 15 is 0 Å². The number of fused-ring (bicyclic) bond motifs is 1. The molecule has 1 amide bonds. The van der Waals surface area contributed by atoms with Crippen LogP contribution in [0.1, 0.15) is 48.1 Å². The normalized spacial score (nSPS) is 19.5. The van der Waals surface area contributed by atoms with Crippen LogP contribution in [0.2, 0.25) is 0 Å². The number of nitrogens with zero attached hydrogens (tertiary/aromatic N) is 4. The second-order valence-electron chi connectivity index (χ2n) is 10.3. The number of amides is 1. The van der Waals surface area contributed by atoms with Crippen molar-refractivity contribution in [1.82, 2.24) is 14.7 Å². The first-order chi connectivity index (χ1) is 18.9. The number of rotatable bonds is 7. The summed E-state index contributed by atoms with van der Waals surface area (Å²) in [7, 11) is 1.41. The average Bonchev–Trinajstić information content (AvgIpc) is 3.34. The second-order valence-corrected chi connectivity index (χ2v) is 11.1. The fourth-order valence-electron chi connectivity index (χ4n) is 5.60. The molecule has 0 aliphatic carbocycles. The number of piperazine rings is 1. The van der Waals surface area contributed by atoms with Crippen molar-refractivity contribution in [2.75, 3.05) is 33.3 Å². The molecule has 0 bridgehead atoms. The van der Waals surface area contributed by atoms with Gasteiger partial charge in [-0.3, -0.25) is 9.69 Å². The highest BCUT2D eigenvalue weighted by Crippen LogP contribution is 2.46. The number of hydrogen-bond acceptors (Lipinski definition) is 7. The van der Waals surface area contributed by atoms with Crippen LogP contribution in [-0.2, 0) is 20.9 Å². The molecular formula is C31H36N4O3S.